The lowest BCUT2D eigenvalue weighted by molar-refractivity contribution is 0.306. The molecule has 0 atom stereocenters. The van der Waals surface area contributed by atoms with Gasteiger partial charge in [-0.2, -0.15) is 0 Å². The van der Waals surface area contributed by atoms with Crippen LogP contribution in [0.2, 0.25) is 0 Å². The van der Waals surface area contributed by atoms with Gasteiger partial charge in [0.15, 0.2) is 0 Å². The summed E-state index contributed by atoms with van der Waals surface area (Å²) in [5.74, 6) is 0.872. The zero-order chi connectivity index (χ0) is 12.6. The maximum atomic E-state index is 5.70. The average Bonchev–Trinajstić information content (AvgIpc) is 2.45. The lowest BCUT2D eigenvalue weighted by Crippen LogP contribution is -2.12. The van der Waals surface area contributed by atoms with Crippen LogP contribution in [0.4, 0.5) is 5.69 Å². The van der Waals surface area contributed by atoms with E-state index in [1.54, 1.807) is 0 Å². The van der Waals surface area contributed by atoms with Crippen LogP contribution in [0.5, 0.6) is 5.75 Å². The molecule has 102 valence electrons. The second-order valence-electron chi connectivity index (χ2n) is 4.01. The Morgan fingerprint density at radius 3 is 2.26 bits per heavy atom. The molecule has 0 unspecified atom stereocenters. The fraction of sp³-hybridized carbons (Fsp3) is 0.200. The molecule has 3 nitrogen and oxygen atoms in total. The van der Waals surface area contributed by atoms with Crippen LogP contribution in [0.25, 0.3) is 0 Å². The SMILES string of the molecule is Cl.NCCNc1ccc(OCc2ccccc2)cc1. The quantitative estimate of drug-likeness (QED) is 0.854. The first kappa shape index (κ1) is 15.3. The summed E-state index contributed by atoms with van der Waals surface area (Å²) in [4.78, 5) is 0. The van der Waals surface area contributed by atoms with Crippen molar-refractivity contribution in [3.63, 3.8) is 0 Å². The van der Waals surface area contributed by atoms with Crippen LogP contribution in [0.15, 0.2) is 54.6 Å². The summed E-state index contributed by atoms with van der Waals surface area (Å²) in [6.07, 6.45) is 0. The third-order valence-electron chi connectivity index (χ3n) is 2.58. The predicted octanol–water partition coefficient (Wildman–Crippen LogP) is 3.06. The molecule has 2 aromatic carbocycles. The molecular formula is C15H19ClN2O. The van der Waals surface area contributed by atoms with Crippen molar-refractivity contribution in [1.82, 2.24) is 0 Å². The molecule has 0 amide bonds. The predicted molar refractivity (Wildman–Crippen MR) is 82.0 cm³/mol. The number of rotatable bonds is 6. The first-order chi connectivity index (χ1) is 8.88. The molecular weight excluding hydrogens is 260 g/mol. The molecule has 0 aliphatic rings. The van der Waals surface area contributed by atoms with Crippen LogP contribution in [-0.2, 0) is 6.61 Å². The monoisotopic (exact) mass is 278 g/mol. The minimum Gasteiger partial charge on any atom is -0.489 e. The fourth-order valence-corrected chi connectivity index (χ4v) is 1.63. The van der Waals surface area contributed by atoms with Gasteiger partial charge in [0.25, 0.3) is 0 Å². The summed E-state index contributed by atoms with van der Waals surface area (Å²) >= 11 is 0. The number of nitrogens with one attached hydrogen (secondary N) is 1. The lowest BCUT2D eigenvalue weighted by atomic mass is 10.2. The van der Waals surface area contributed by atoms with Crippen molar-refractivity contribution in [3.8, 4) is 5.75 Å². The van der Waals surface area contributed by atoms with Crippen molar-refractivity contribution >= 4 is 18.1 Å². The molecule has 3 N–H and O–H groups in total. The number of nitrogens with two attached hydrogens (primary N) is 1. The number of anilines is 1. The second-order valence-corrected chi connectivity index (χ2v) is 4.01. The van der Waals surface area contributed by atoms with Gasteiger partial charge in [0.2, 0.25) is 0 Å². The van der Waals surface area contributed by atoms with E-state index in [0.717, 1.165) is 18.0 Å². The van der Waals surface area contributed by atoms with Crippen LogP contribution in [0, 0.1) is 0 Å². The van der Waals surface area contributed by atoms with Gasteiger partial charge in [0.05, 0.1) is 0 Å². The van der Waals surface area contributed by atoms with Gasteiger partial charge < -0.3 is 15.8 Å². The topological polar surface area (TPSA) is 47.3 Å². The second kappa shape index (κ2) is 8.40. The first-order valence-corrected chi connectivity index (χ1v) is 6.09. The molecule has 0 fully saturated rings. The minimum absolute atomic E-state index is 0. The van der Waals surface area contributed by atoms with Gasteiger partial charge in [-0.1, -0.05) is 30.3 Å². The largest absolute Gasteiger partial charge is 0.489 e. The van der Waals surface area contributed by atoms with Crippen LogP contribution < -0.4 is 15.8 Å². The summed E-state index contributed by atoms with van der Waals surface area (Å²) in [5, 5.41) is 3.21. The minimum atomic E-state index is 0. The van der Waals surface area contributed by atoms with Crippen molar-refractivity contribution in [2.24, 2.45) is 5.73 Å². The number of halogens is 1. The Balaban J connectivity index is 0.00000180. The van der Waals surface area contributed by atoms with Gasteiger partial charge in [-0.3, -0.25) is 0 Å². The molecule has 0 saturated carbocycles. The summed E-state index contributed by atoms with van der Waals surface area (Å²) < 4.78 is 5.70. The Kier molecular flexibility index (Phi) is 6.79. The average molecular weight is 279 g/mol. The molecule has 0 heterocycles. The number of hydrogen-bond acceptors (Lipinski definition) is 3. The Labute approximate surface area is 120 Å². The van der Waals surface area contributed by atoms with Crippen molar-refractivity contribution in [3.05, 3.63) is 60.2 Å². The highest BCUT2D eigenvalue weighted by molar-refractivity contribution is 5.85. The van der Waals surface area contributed by atoms with Crippen LogP contribution in [0.3, 0.4) is 0 Å². The Morgan fingerprint density at radius 1 is 0.947 bits per heavy atom. The molecule has 2 aromatic rings. The van der Waals surface area contributed by atoms with Crippen molar-refractivity contribution < 1.29 is 4.74 Å². The maximum Gasteiger partial charge on any atom is 0.119 e. The van der Waals surface area contributed by atoms with Gasteiger partial charge in [0.1, 0.15) is 12.4 Å². The van der Waals surface area contributed by atoms with E-state index in [4.69, 9.17) is 10.5 Å². The van der Waals surface area contributed by atoms with E-state index < -0.39 is 0 Å². The fourth-order valence-electron chi connectivity index (χ4n) is 1.63. The summed E-state index contributed by atoms with van der Waals surface area (Å²) in [7, 11) is 0. The smallest absolute Gasteiger partial charge is 0.119 e. The van der Waals surface area contributed by atoms with E-state index in [9.17, 15) is 0 Å². The molecule has 4 heteroatoms. The molecule has 19 heavy (non-hydrogen) atoms. The van der Waals surface area contributed by atoms with Crippen molar-refractivity contribution in [2.45, 2.75) is 6.61 Å². The molecule has 0 aliphatic carbocycles. The zero-order valence-corrected chi connectivity index (χ0v) is 11.5. The Hall–Kier alpha value is -1.71. The number of ether oxygens (including phenoxy) is 1. The van der Waals surface area contributed by atoms with E-state index in [2.05, 4.69) is 17.4 Å². The van der Waals surface area contributed by atoms with Crippen molar-refractivity contribution in [2.75, 3.05) is 18.4 Å². The highest BCUT2D eigenvalue weighted by Crippen LogP contribution is 2.16. The Bertz CT molecular complexity index is 459. The molecule has 0 aromatic heterocycles. The molecule has 0 bridgehead atoms. The number of benzene rings is 2. The molecule has 0 saturated heterocycles. The van der Waals surface area contributed by atoms with E-state index in [1.165, 1.54) is 5.56 Å². The standard InChI is InChI=1S/C15H18N2O.ClH/c16-10-11-17-14-6-8-15(9-7-14)18-12-13-4-2-1-3-5-13;/h1-9,17H,10-12,16H2;1H. The van der Waals surface area contributed by atoms with Crippen LogP contribution in [0.1, 0.15) is 5.56 Å². The van der Waals surface area contributed by atoms with Crippen LogP contribution >= 0.6 is 12.4 Å². The third-order valence-corrected chi connectivity index (χ3v) is 2.58. The molecule has 2 rings (SSSR count). The highest BCUT2D eigenvalue weighted by Gasteiger charge is 1.96. The highest BCUT2D eigenvalue weighted by atomic mass is 35.5. The molecule has 0 aliphatic heterocycles. The van der Waals surface area contributed by atoms with E-state index in [0.29, 0.717) is 13.2 Å². The van der Waals surface area contributed by atoms with Gasteiger partial charge in [0, 0.05) is 18.8 Å². The van der Waals surface area contributed by atoms with E-state index >= 15 is 0 Å². The maximum absolute atomic E-state index is 5.70. The summed E-state index contributed by atoms with van der Waals surface area (Å²) in [6, 6.07) is 18.0. The van der Waals surface area contributed by atoms with E-state index in [-0.39, 0.29) is 12.4 Å². The normalized spacial score (nSPS) is 9.53. The van der Waals surface area contributed by atoms with E-state index in [1.807, 2.05) is 42.5 Å². The van der Waals surface area contributed by atoms with Gasteiger partial charge >= 0.3 is 0 Å². The van der Waals surface area contributed by atoms with Crippen LogP contribution in [-0.4, -0.2) is 13.1 Å². The molecule has 0 spiro atoms. The summed E-state index contributed by atoms with van der Waals surface area (Å²) in [6.45, 7) is 2.01. The Morgan fingerprint density at radius 2 is 1.63 bits per heavy atom. The summed E-state index contributed by atoms with van der Waals surface area (Å²) in [5.41, 5.74) is 7.66. The zero-order valence-electron chi connectivity index (χ0n) is 10.7. The first-order valence-electron chi connectivity index (χ1n) is 6.09. The van der Waals surface area contributed by atoms with Gasteiger partial charge in [-0.15, -0.1) is 12.4 Å². The lowest BCUT2D eigenvalue weighted by Gasteiger charge is -2.08. The van der Waals surface area contributed by atoms with Gasteiger partial charge in [-0.05, 0) is 29.8 Å². The number of hydrogen-bond donors (Lipinski definition) is 2. The van der Waals surface area contributed by atoms with Gasteiger partial charge in [-0.25, -0.2) is 0 Å². The molecule has 0 radical (unpaired) electrons. The van der Waals surface area contributed by atoms with Crippen molar-refractivity contribution in [1.29, 1.82) is 0 Å². The third kappa shape index (κ3) is 5.20.